The van der Waals surface area contributed by atoms with Gasteiger partial charge in [0.15, 0.2) is 0 Å². The molecule has 2 aliphatic rings. The molecule has 1 atom stereocenters. The summed E-state index contributed by atoms with van der Waals surface area (Å²) in [6.07, 6.45) is 7.98. The van der Waals surface area contributed by atoms with Crippen molar-refractivity contribution in [2.75, 3.05) is 19.6 Å². The highest BCUT2D eigenvalue weighted by molar-refractivity contribution is 6.30. The van der Waals surface area contributed by atoms with Crippen molar-refractivity contribution in [2.24, 2.45) is 0 Å². The Labute approximate surface area is 159 Å². The van der Waals surface area contributed by atoms with Crippen LogP contribution in [-0.4, -0.2) is 45.9 Å². The fraction of sp³-hybridized carbons (Fsp3) is 0.429. The second kappa shape index (κ2) is 7.37. The average Bonchev–Trinajstić information content (AvgIpc) is 3.05. The summed E-state index contributed by atoms with van der Waals surface area (Å²) in [5, 5.41) is 0.775. The maximum atomic E-state index is 12.9. The maximum absolute atomic E-state index is 12.9. The van der Waals surface area contributed by atoms with E-state index in [-0.39, 0.29) is 11.4 Å². The second-order valence-electron chi connectivity index (χ2n) is 7.44. The minimum absolute atomic E-state index is 0.112. The summed E-state index contributed by atoms with van der Waals surface area (Å²) in [4.78, 5) is 21.6. The van der Waals surface area contributed by atoms with Crippen LogP contribution in [-0.2, 0) is 6.54 Å². The number of carbonyl (C=O) groups excluding carboxylic acids is 1. The van der Waals surface area contributed by atoms with E-state index in [1.807, 2.05) is 29.2 Å². The van der Waals surface area contributed by atoms with Gasteiger partial charge in [0.25, 0.3) is 5.91 Å². The molecular formula is C21H24ClN3O. The molecule has 2 aliphatic heterocycles. The van der Waals surface area contributed by atoms with Crippen LogP contribution in [0.5, 0.6) is 0 Å². The van der Waals surface area contributed by atoms with E-state index in [2.05, 4.69) is 22.0 Å². The zero-order valence-electron chi connectivity index (χ0n) is 14.9. The van der Waals surface area contributed by atoms with Crippen molar-refractivity contribution in [1.29, 1.82) is 0 Å². The minimum atomic E-state index is 0.112. The topological polar surface area (TPSA) is 36.4 Å². The first-order valence-corrected chi connectivity index (χ1v) is 9.73. The van der Waals surface area contributed by atoms with Crippen LogP contribution in [0.3, 0.4) is 0 Å². The molecule has 1 aromatic heterocycles. The van der Waals surface area contributed by atoms with Gasteiger partial charge >= 0.3 is 0 Å². The number of halogens is 1. The number of piperidine rings is 1. The van der Waals surface area contributed by atoms with Crippen LogP contribution < -0.4 is 0 Å². The number of likely N-dealkylation sites (tertiary alicyclic amines) is 2. The highest BCUT2D eigenvalue weighted by Gasteiger charge is 2.44. The smallest absolute Gasteiger partial charge is 0.254 e. The molecule has 5 heteroatoms. The Hall–Kier alpha value is -1.91. The van der Waals surface area contributed by atoms with Crippen LogP contribution in [0.25, 0.3) is 0 Å². The van der Waals surface area contributed by atoms with Crippen molar-refractivity contribution < 1.29 is 4.79 Å². The number of nitrogens with zero attached hydrogens (tertiary/aromatic N) is 3. The number of hydrogen-bond donors (Lipinski definition) is 0. The van der Waals surface area contributed by atoms with E-state index in [9.17, 15) is 4.79 Å². The first kappa shape index (κ1) is 17.5. The van der Waals surface area contributed by atoms with E-state index in [1.165, 1.54) is 24.8 Å². The number of hydrogen-bond acceptors (Lipinski definition) is 3. The predicted octanol–water partition coefficient (Wildman–Crippen LogP) is 4.01. The molecule has 3 heterocycles. The monoisotopic (exact) mass is 369 g/mol. The van der Waals surface area contributed by atoms with Gasteiger partial charge in [-0.15, -0.1) is 0 Å². The maximum Gasteiger partial charge on any atom is 0.254 e. The number of carbonyl (C=O) groups is 1. The van der Waals surface area contributed by atoms with Gasteiger partial charge in [0.05, 0.1) is 0 Å². The van der Waals surface area contributed by atoms with Gasteiger partial charge in [0, 0.05) is 48.2 Å². The highest BCUT2D eigenvalue weighted by atomic mass is 35.5. The van der Waals surface area contributed by atoms with Crippen LogP contribution in [0.15, 0.2) is 48.8 Å². The third-order valence-electron chi connectivity index (χ3n) is 5.80. The quantitative estimate of drug-likeness (QED) is 0.820. The van der Waals surface area contributed by atoms with Crippen molar-refractivity contribution in [3.8, 4) is 0 Å². The molecule has 26 heavy (non-hydrogen) atoms. The normalized spacial score (nSPS) is 23.5. The lowest BCUT2D eigenvalue weighted by atomic mass is 9.86. The Morgan fingerprint density at radius 1 is 1.04 bits per heavy atom. The van der Waals surface area contributed by atoms with Gasteiger partial charge in [-0.1, -0.05) is 23.7 Å². The molecule has 0 saturated carbocycles. The molecule has 1 spiro atoms. The summed E-state index contributed by atoms with van der Waals surface area (Å²) in [7, 11) is 0. The molecule has 4 rings (SSSR count). The second-order valence-corrected chi connectivity index (χ2v) is 7.88. The lowest BCUT2D eigenvalue weighted by molar-refractivity contribution is 0.0296. The number of pyridine rings is 1. The van der Waals surface area contributed by atoms with Gasteiger partial charge in [0.2, 0.25) is 0 Å². The van der Waals surface area contributed by atoms with Crippen molar-refractivity contribution >= 4 is 17.5 Å². The van der Waals surface area contributed by atoms with Gasteiger partial charge in [-0.05, 0) is 62.1 Å². The molecule has 0 radical (unpaired) electrons. The van der Waals surface area contributed by atoms with Crippen LogP contribution in [0.1, 0.15) is 41.6 Å². The molecule has 0 aliphatic carbocycles. The summed E-state index contributed by atoms with van der Waals surface area (Å²) >= 11 is 6.02. The average molecular weight is 370 g/mol. The van der Waals surface area contributed by atoms with Crippen LogP contribution in [0.2, 0.25) is 5.02 Å². The number of amides is 1. The third kappa shape index (κ3) is 3.49. The molecule has 2 fully saturated rings. The molecule has 2 saturated heterocycles. The van der Waals surface area contributed by atoms with E-state index >= 15 is 0 Å². The first-order valence-electron chi connectivity index (χ1n) is 9.35. The van der Waals surface area contributed by atoms with E-state index in [0.717, 1.165) is 43.2 Å². The van der Waals surface area contributed by atoms with Crippen molar-refractivity contribution in [2.45, 2.75) is 37.8 Å². The Bertz CT molecular complexity index is 765. The molecule has 0 N–H and O–H groups in total. The van der Waals surface area contributed by atoms with Crippen molar-refractivity contribution in [1.82, 2.24) is 14.8 Å². The molecule has 2 aromatic rings. The van der Waals surface area contributed by atoms with Crippen LogP contribution in [0, 0.1) is 0 Å². The van der Waals surface area contributed by atoms with Crippen LogP contribution >= 0.6 is 11.6 Å². The molecule has 0 unspecified atom stereocenters. The van der Waals surface area contributed by atoms with E-state index in [0.29, 0.717) is 0 Å². The largest absolute Gasteiger partial charge is 0.337 e. The van der Waals surface area contributed by atoms with E-state index in [1.54, 1.807) is 12.4 Å². The molecule has 4 nitrogen and oxygen atoms in total. The SMILES string of the molecule is O=C(c1ccncc1)N1CCC[C@]2(CCCN2Cc2ccc(Cl)cc2)C1. The Morgan fingerprint density at radius 3 is 2.46 bits per heavy atom. The zero-order valence-corrected chi connectivity index (χ0v) is 15.7. The summed E-state index contributed by atoms with van der Waals surface area (Å²) in [6, 6.07) is 11.8. The van der Waals surface area contributed by atoms with Crippen molar-refractivity contribution in [3.63, 3.8) is 0 Å². The van der Waals surface area contributed by atoms with Crippen molar-refractivity contribution in [3.05, 3.63) is 64.9 Å². The van der Waals surface area contributed by atoms with Crippen LogP contribution in [0.4, 0.5) is 0 Å². The van der Waals surface area contributed by atoms with Gasteiger partial charge < -0.3 is 4.90 Å². The zero-order chi connectivity index (χ0) is 18.0. The van der Waals surface area contributed by atoms with Gasteiger partial charge in [-0.3, -0.25) is 14.7 Å². The Kier molecular flexibility index (Phi) is 4.96. The summed E-state index contributed by atoms with van der Waals surface area (Å²) < 4.78 is 0. The Morgan fingerprint density at radius 2 is 1.73 bits per heavy atom. The number of benzene rings is 1. The molecule has 136 valence electrons. The van der Waals surface area contributed by atoms with Gasteiger partial charge in [-0.25, -0.2) is 0 Å². The number of rotatable bonds is 3. The Balaban J connectivity index is 1.51. The summed E-state index contributed by atoms with van der Waals surface area (Å²) in [6.45, 7) is 3.69. The van der Waals surface area contributed by atoms with E-state index in [4.69, 9.17) is 11.6 Å². The van der Waals surface area contributed by atoms with E-state index < -0.39 is 0 Å². The minimum Gasteiger partial charge on any atom is -0.337 e. The highest BCUT2D eigenvalue weighted by Crippen LogP contribution is 2.38. The third-order valence-corrected chi connectivity index (χ3v) is 6.05. The fourth-order valence-corrected chi connectivity index (χ4v) is 4.60. The first-order chi connectivity index (χ1) is 12.7. The lowest BCUT2D eigenvalue weighted by Gasteiger charge is -2.46. The fourth-order valence-electron chi connectivity index (χ4n) is 4.48. The summed E-state index contributed by atoms with van der Waals surface area (Å²) in [5.41, 5.74) is 2.13. The lowest BCUT2D eigenvalue weighted by Crippen LogP contribution is -2.56. The number of aromatic nitrogens is 1. The van der Waals surface area contributed by atoms with Gasteiger partial charge in [0.1, 0.15) is 0 Å². The predicted molar refractivity (Wildman–Crippen MR) is 103 cm³/mol. The summed E-state index contributed by atoms with van der Waals surface area (Å²) in [5.74, 6) is 0.129. The molecule has 0 bridgehead atoms. The molecule has 1 aromatic carbocycles. The van der Waals surface area contributed by atoms with Gasteiger partial charge in [-0.2, -0.15) is 0 Å². The molecular weight excluding hydrogens is 346 g/mol. The molecule has 1 amide bonds. The standard InChI is InChI=1S/C21H24ClN3O/c22-19-5-3-17(4-6-19)15-25-14-2-10-21(25)9-1-13-24(16-21)20(26)18-7-11-23-12-8-18/h3-8,11-12H,1-2,9-10,13-16H2/t21-/m0/s1.